The van der Waals surface area contributed by atoms with Crippen molar-refractivity contribution in [2.45, 2.75) is 51.2 Å². The molecule has 1 aliphatic rings. The SMILES string of the molecule is CCCC[C@H]1[C@H](C(=O)OCC)N1C(c1ccccc1)c1ccccc1. The third-order valence-electron chi connectivity index (χ3n) is 4.89. The highest BCUT2D eigenvalue weighted by Gasteiger charge is 2.56. The Morgan fingerprint density at radius 2 is 1.56 bits per heavy atom. The van der Waals surface area contributed by atoms with Gasteiger partial charge in [-0.05, 0) is 24.5 Å². The molecule has 132 valence electrons. The highest BCUT2D eigenvalue weighted by Crippen LogP contribution is 2.45. The maximum atomic E-state index is 12.5. The normalized spacial score (nSPS) is 22.0. The van der Waals surface area contributed by atoms with Crippen LogP contribution in [0, 0.1) is 0 Å². The first-order valence-corrected chi connectivity index (χ1v) is 9.31. The summed E-state index contributed by atoms with van der Waals surface area (Å²) >= 11 is 0. The van der Waals surface area contributed by atoms with Gasteiger partial charge in [-0.3, -0.25) is 9.69 Å². The summed E-state index contributed by atoms with van der Waals surface area (Å²) in [7, 11) is 0. The van der Waals surface area contributed by atoms with Crippen LogP contribution in [0.5, 0.6) is 0 Å². The average Bonchev–Trinajstić information content (AvgIpc) is 3.36. The van der Waals surface area contributed by atoms with Crippen molar-refractivity contribution in [3.63, 3.8) is 0 Å². The molecular weight excluding hydrogens is 310 g/mol. The third kappa shape index (κ3) is 3.93. The molecule has 0 radical (unpaired) electrons. The molecule has 3 nitrogen and oxygen atoms in total. The summed E-state index contributed by atoms with van der Waals surface area (Å²) in [6.07, 6.45) is 3.31. The molecule has 0 aliphatic carbocycles. The first-order chi connectivity index (χ1) is 12.3. The van der Waals surface area contributed by atoms with Crippen LogP contribution in [0.2, 0.25) is 0 Å². The molecule has 0 N–H and O–H groups in total. The van der Waals surface area contributed by atoms with Gasteiger partial charge in [0.25, 0.3) is 0 Å². The smallest absolute Gasteiger partial charge is 0.325 e. The lowest BCUT2D eigenvalue weighted by Crippen LogP contribution is -2.20. The van der Waals surface area contributed by atoms with Crippen molar-refractivity contribution in [2.24, 2.45) is 0 Å². The number of esters is 1. The molecule has 0 spiro atoms. The van der Waals surface area contributed by atoms with Gasteiger partial charge >= 0.3 is 5.97 Å². The van der Waals surface area contributed by atoms with E-state index in [2.05, 4.69) is 60.4 Å². The van der Waals surface area contributed by atoms with Crippen molar-refractivity contribution < 1.29 is 9.53 Å². The molecule has 1 heterocycles. The summed E-state index contributed by atoms with van der Waals surface area (Å²) in [6, 6.07) is 21.2. The number of carbonyl (C=O) groups excluding carboxylic acids is 1. The van der Waals surface area contributed by atoms with Crippen LogP contribution >= 0.6 is 0 Å². The number of hydrogen-bond donors (Lipinski definition) is 0. The number of benzene rings is 2. The minimum Gasteiger partial charge on any atom is -0.465 e. The van der Waals surface area contributed by atoms with Gasteiger partial charge in [-0.25, -0.2) is 0 Å². The van der Waals surface area contributed by atoms with E-state index in [0.717, 1.165) is 19.3 Å². The van der Waals surface area contributed by atoms with Gasteiger partial charge < -0.3 is 4.74 Å². The Hall–Kier alpha value is -2.13. The highest BCUT2D eigenvalue weighted by atomic mass is 16.5. The Balaban J connectivity index is 1.93. The molecule has 3 heteroatoms. The molecule has 1 saturated heterocycles. The standard InChI is InChI=1S/C22H27NO2/c1-3-5-16-19-21(22(24)25-4-2)23(19)20(17-12-8-6-9-13-17)18-14-10-7-11-15-18/h6-15,19-21H,3-5,16H2,1-2H3/t19-,21+,23?/m0/s1. The largest absolute Gasteiger partial charge is 0.465 e. The van der Waals surface area contributed by atoms with Crippen molar-refractivity contribution >= 4 is 5.97 Å². The predicted octanol–water partition coefficient (Wildman–Crippen LogP) is 4.58. The number of ether oxygens (including phenoxy) is 1. The molecule has 3 atom stereocenters. The lowest BCUT2D eigenvalue weighted by molar-refractivity contribution is -0.143. The van der Waals surface area contributed by atoms with Gasteiger partial charge in [0.1, 0.15) is 6.04 Å². The zero-order valence-corrected chi connectivity index (χ0v) is 15.1. The van der Waals surface area contributed by atoms with Crippen molar-refractivity contribution in [2.75, 3.05) is 6.61 Å². The second-order valence-corrected chi connectivity index (χ2v) is 6.58. The Kier molecular flexibility index (Phi) is 5.87. The van der Waals surface area contributed by atoms with Gasteiger partial charge in [0.2, 0.25) is 0 Å². The molecule has 0 bridgehead atoms. The van der Waals surface area contributed by atoms with Gasteiger partial charge in [0, 0.05) is 6.04 Å². The molecule has 0 amide bonds. The van der Waals surface area contributed by atoms with Crippen LogP contribution in [-0.2, 0) is 9.53 Å². The lowest BCUT2D eigenvalue weighted by atomic mass is 9.98. The van der Waals surface area contributed by atoms with E-state index in [1.54, 1.807) is 0 Å². The molecule has 2 aromatic carbocycles. The van der Waals surface area contributed by atoms with E-state index in [0.29, 0.717) is 6.61 Å². The second-order valence-electron chi connectivity index (χ2n) is 6.58. The number of hydrogen-bond acceptors (Lipinski definition) is 3. The fraction of sp³-hybridized carbons (Fsp3) is 0.409. The van der Waals surface area contributed by atoms with E-state index in [1.165, 1.54) is 11.1 Å². The van der Waals surface area contributed by atoms with Gasteiger partial charge in [-0.1, -0.05) is 80.4 Å². The number of carbonyl (C=O) groups is 1. The van der Waals surface area contributed by atoms with Gasteiger partial charge in [-0.15, -0.1) is 0 Å². The van der Waals surface area contributed by atoms with E-state index < -0.39 is 0 Å². The molecule has 3 rings (SSSR count). The maximum absolute atomic E-state index is 12.5. The van der Waals surface area contributed by atoms with E-state index in [-0.39, 0.29) is 24.1 Å². The minimum atomic E-state index is -0.128. The fourth-order valence-corrected chi connectivity index (χ4v) is 3.69. The summed E-state index contributed by atoms with van der Waals surface area (Å²) in [5.41, 5.74) is 2.45. The van der Waals surface area contributed by atoms with Crippen LogP contribution in [0.3, 0.4) is 0 Å². The zero-order chi connectivity index (χ0) is 17.6. The maximum Gasteiger partial charge on any atom is 0.325 e. The van der Waals surface area contributed by atoms with Crippen molar-refractivity contribution in [1.29, 1.82) is 0 Å². The van der Waals surface area contributed by atoms with Gasteiger partial charge in [-0.2, -0.15) is 0 Å². The van der Waals surface area contributed by atoms with Crippen LogP contribution in [0.15, 0.2) is 60.7 Å². The second kappa shape index (κ2) is 8.30. The van der Waals surface area contributed by atoms with E-state index >= 15 is 0 Å². The summed E-state index contributed by atoms with van der Waals surface area (Å²) in [5, 5.41) is 0. The first-order valence-electron chi connectivity index (χ1n) is 9.31. The van der Waals surface area contributed by atoms with Crippen LogP contribution in [0.25, 0.3) is 0 Å². The third-order valence-corrected chi connectivity index (χ3v) is 4.89. The summed E-state index contributed by atoms with van der Waals surface area (Å²) in [4.78, 5) is 14.8. The van der Waals surface area contributed by atoms with Crippen LogP contribution in [-0.4, -0.2) is 29.6 Å². The Morgan fingerprint density at radius 1 is 1.00 bits per heavy atom. The summed E-state index contributed by atoms with van der Waals surface area (Å²) < 4.78 is 5.35. The van der Waals surface area contributed by atoms with Gasteiger partial charge in [0.05, 0.1) is 12.6 Å². The summed E-state index contributed by atoms with van der Waals surface area (Å²) in [6.45, 7) is 4.50. The number of nitrogens with zero attached hydrogens (tertiary/aromatic N) is 1. The van der Waals surface area contributed by atoms with Crippen molar-refractivity contribution in [3.05, 3.63) is 71.8 Å². The molecular formula is C22H27NO2. The number of rotatable bonds is 8. The minimum absolute atomic E-state index is 0.0829. The van der Waals surface area contributed by atoms with Crippen molar-refractivity contribution in [3.8, 4) is 0 Å². The molecule has 0 aromatic heterocycles. The predicted molar refractivity (Wildman–Crippen MR) is 100 cm³/mol. The zero-order valence-electron chi connectivity index (χ0n) is 15.1. The number of unbranched alkanes of at least 4 members (excludes halogenated alkanes) is 1. The van der Waals surface area contributed by atoms with Crippen LogP contribution < -0.4 is 0 Å². The fourth-order valence-electron chi connectivity index (χ4n) is 3.69. The average molecular weight is 337 g/mol. The molecule has 1 unspecified atom stereocenters. The Bertz CT molecular complexity index is 631. The topological polar surface area (TPSA) is 29.3 Å². The quantitative estimate of drug-likeness (QED) is 0.521. The molecule has 2 aromatic rings. The van der Waals surface area contributed by atoms with Crippen LogP contribution in [0.1, 0.15) is 50.3 Å². The summed E-state index contributed by atoms with van der Waals surface area (Å²) in [5.74, 6) is -0.0829. The van der Waals surface area contributed by atoms with E-state index in [1.807, 2.05) is 19.1 Å². The lowest BCUT2D eigenvalue weighted by Gasteiger charge is -2.21. The molecule has 1 aliphatic heterocycles. The molecule has 0 saturated carbocycles. The van der Waals surface area contributed by atoms with Gasteiger partial charge in [0.15, 0.2) is 0 Å². The Morgan fingerprint density at radius 3 is 2.04 bits per heavy atom. The molecule has 1 fully saturated rings. The highest BCUT2D eigenvalue weighted by molar-refractivity contribution is 5.80. The van der Waals surface area contributed by atoms with Crippen LogP contribution in [0.4, 0.5) is 0 Å². The monoisotopic (exact) mass is 337 g/mol. The van der Waals surface area contributed by atoms with E-state index in [9.17, 15) is 4.79 Å². The Labute approximate surface area is 150 Å². The first kappa shape index (κ1) is 17.7. The van der Waals surface area contributed by atoms with E-state index in [4.69, 9.17) is 4.74 Å². The molecule has 25 heavy (non-hydrogen) atoms. The van der Waals surface area contributed by atoms with Crippen molar-refractivity contribution in [1.82, 2.24) is 4.90 Å².